The smallest absolute Gasteiger partial charge is 0.416 e. The van der Waals surface area contributed by atoms with E-state index in [1.54, 1.807) is 19.1 Å². The molecule has 1 aromatic heterocycles. The van der Waals surface area contributed by atoms with Crippen molar-refractivity contribution < 1.29 is 30.9 Å². The topological polar surface area (TPSA) is 127 Å². The van der Waals surface area contributed by atoms with Gasteiger partial charge in [-0.05, 0) is 48.9 Å². The van der Waals surface area contributed by atoms with Crippen LogP contribution in [-0.2, 0) is 22.7 Å². The molecule has 3 rings (SSSR count). The second kappa shape index (κ2) is 9.42. The van der Waals surface area contributed by atoms with Crippen molar-refractivity contribution in [2.24, 2.45) is 5.10 Å². The van der Waals surface area contributed by atoms with E-state index in [9.17, 15) is 31.7 Å². The van der Waals surface area contributed by atoms with Crippen molar-refractivity contribution in [1.29, 1.82) is 0 Å². The number of furan rings is 1. The average molecular weight is 482 g/mol. The molecule has 0 amide bonds. The summed E-state index contributed by atoms with van der Waals surface area (Å²) in [6.45, 7) is 1.52. The maximum atomic E-state index is 12.8. The molecule has 0 fully saturated rings. The Hall–Kier alpha value is -3.71. The zero-order valence-electron chi connectivity index (χ0n) is 17.0. The van der Waals surface area contributed by atoms with Crippen molar-refractivity contribution in [3.63, 3.8) is 0 Å². The van der Waals surface area contributed by atoms with E-state index in [4.69, 9.17) is 4.42 Å². The number of sulfonamides is 1. The maximum Gasteiger partial charge on any atom is 0.416 e. The van der Waals surface area contributed by atoms with Crippen LogP contribution in [0.1, 0.15) is 23.8 Å². The SMILES string of the molecule is C/C(=N/Nc1ccc(C(F)(F)F)cc1[N+](=O)[O-])c1ccc(S(=O)(=O)NCc2ccco2)cc1. The number of hydrogen-bond donors (Lipinski definition) is 2. The molecule has 0 radical (unpaired) electrons. The normalized spacial score (nSPS) is 12.5. The predicted octanol–water partition coefficient (Wildman–Crippen LogP) is 4.52. The number of anilines is 1. The lowest BCUT2D eigenvalue weighted by Gasteiger charge is -2.09. The number of halogens is 3. The van der Waals surface area contributed by atoms with Crippen molar-refractivity contribution in [1.82, 2.24) is 4.72 Å². The van der Waals surface area contributed by atoms with Crippen LogP contribution in [0.25, 0.3) is 0 Å². The van der Waals surface area contributed by atoms with Gasteiger partial charge in [0.25, 0.3) is 5.69 Å². The Labute approximate surface area is 186 Å². The third kappa shape index (κ3) is 5.96. The van der Waals surface area contributed by atoms with Gasteiger partial charge >= 0.3 is 6.18 Å². The number of rotatable bonds is 8. The lowest BCUT2D eigenvalue weighted by atomic mass is 10.1. The fraction of sp³-hybridized carbons (Fsp3) is 0.150. The summed E-state index contributed by atoms with van der Waals surface area (Å²) in [4.78, 5) is 10.2. The first-order valence-electron chi connectivity index (χ1n) is 9.26. The second-order valence-corrected chi connectivity index (χ2v) is 8.49. The number of hydrogen-bond acceptors (Lipinski definition) is 7. The molecule has 13 heteroatoms. The van der Waals surface area contributed by atoms with Crippen molar-refractivity contribution >= 4 is 27.1 Å². The highest BCUT2D eigenvalue weighted by atomic mass is 32.2. The standard InChI is InChI=1S/C20H17F3N4O5S/c1-13(25-26-18-9-6-15(20(21,22)23)11-19(18)27(28)29)14-4-7-17(8-5-14)33(30,31)24-12-16-3-2-10-32-16/h2-11,24,26H,12H2,1H3/b25-13-. The van der Waals surface area contributed by atoms with E-state index in [0.717, 1.165) is 6.07 Å². The molecule has 9 nitrogen and oxygen atoms in total. The van der Waals surface area contributed by atoms with Crippen LogP contribution < -0.4 is 10.1 Å². The minimum absolute atomic E-state index is 0.00283. The van der Waals surface area contributed by atoms with Crippen LogP contribution in [0.15, 0.2) is 75.3 Å². The molecule has 2 aromatic carbocycles. The number of nitro groups is 1. The quantitative estimate of drug-likeness (QED) is 0.276. The molecule has 0 aliphatic carbocycles. The zero-order chi connectivity index (χ0) is 24.2. The van der Waals surface area contributed by atoms with Crippen LogP contribution in [0.4, 0.5) is 24.5 Å². The van der Waals surface area contributed by atoms with Crippen LogP contribution in [-0.4, -0.2) is 19.1 Å². The highest BCUT2D eigenvalue weighted by Gasteiger charge is 2.33. The van der Waals surface area contributed by atoms with Gasteiger partial charge in [-0.1, -0.05) is 12.1 Å². The summed E-state index contributed by atoms with van der Waals surface area (Å²) in [5.74, 6) is 0.446. The summed E-state index contributed by atoms with van der Waals surface area (Å²) < 4.78 is 70.7. The number of alkyl halides is 3. The number of nitrogens with zero attached hydrogens (tertiary/aromatic N) is 2. The lowest BCUT2D eigenvalue weighted by Crippen LogP contribution is -2.23. The highest BCUT2D eigenvalue weighted by molar-refractivity contribution is 7.89. The molecule has 0 aliphatic rings. The van der Waals surface area contributed by atoms with Gasteiger partial charge in [0.15, 0.2) is 0 Å². The largest absolute Gasteiger partial charge is 0.468 e. The number of benzene rings is 2. The van der Waals surface area contributed by atoms with Gasteiger partial charge < -0.3 is 4.42 Å². The van der Waals surface area contributed by atoms with E-state index in [1.165, 1.54) is 30.5 Å². The van der Waals surface area contributed by atoms with Crippen molar-refractivity contribution in [2.45, 2.75) is 24.5 Å². The fourth-order valence-corrected chi connectivity index (χ4v) is 3.69. The molecule has 0 saturated heterocycles. The maximum absolute atomic E-state index is 12.8. The van der Waals surface area contributed by atoms with E-state index in [2.05, 4.69) is 15.2 Å². The molecule has 0 atom stereocenters. The van der Waals surface area contributed by atoms with Gasteiger partial charge in [0.1, 0.15) is 11.4 Å². The van der Waals surface area contributed by atoms with Gasteiger partial charge in [-0.2, -0.15) is 18.3 Å². The van der Waals surface area contributed by atoms with Crippen LogP contribution in [0.3, 0.4) is 0 Å². The van der Waals surface area contributed by atoms with Gasteiger partial charge in [0, 0.05) is 6.07 Å². The van der Waals surface area contributed by atoms with Crippen LogP contribution in [0, 0.1) is 10.1 Å². The second-order valence-electron chi connectivity index (χ2n) is 6.72. The summed E-state index contributed by atoms with van der Waals surface area (Å²) in [7, 11) is -3.80. The molecule has 0 bridgehead atoms. The van der Waals surface area contributed by atoms with E-state index in [-0.39, 0.29) is 17.1 Å². The Morgan fingerprint density at radius 2 is 1.85 bits per heavy atom. The minimum atomic E-state index is -4.72. The third-order valence-electron chi connectivity index (χ3n) is 4.46. The first kappa shape index (κ1) is 23.9. The summed E-state index contributed by atoms with van der Waals surface area (Å²) in [6, 6.07) is 10.9. The first-order chi connectivity index (χ1) is 15.5. The molecule has 0 saturated carbocycles. The van der Waals surface area contributed by atoms with Crippen LogP contribution in [0.5, 0.6) is 0 Å². The van der Waals surface area contributed by atoms with Gasteiger partial charge in [-0.25, -0.2) is 13.1 Å². The Bertz CT molecular complexity index is 1270. The van der Waals surface area contributed by atoms with E-state index < -0.39 is 32.4 Å². The molecule has 1 heterocycles. The Kier molecular flexibility index (Phi) is 6.84. The highest BCUT2D eigenvalue weighted by Crippen LogP contribution is 2.35. The zero-order valence-corrected chi connectivity index (χ0v) is 17.8. The fourth-order valence-electron chi connectivity index (χ4n) is 2.70. The van der Waals surface area contributed by atoms with E-state index in [1.807, 2.05) is 0 Å². The summed E-state index contributed by atoms with van der Waals surface area (Å²) in [5.41, 5.74) is 1.03. The lowest BCUT2D eigenvalue weighted by molar-refractivity contribution is -0.384. The molecule has 0 spiro atoms. The molecule has 33 heavy (non-hydrogen) atoms. The Morgan fingerprint density at radius 1 is 1.15 bits per heavy atom. The van der Waals surface area contributed by atoms with Gasteiger partial charge in [-0.3, -0.25) is 15.5 Å². The predicted molar refractivity (Wildman–Crippen MR) is 113 cm³/mol. The molecule has 0 unspecified atom stereocenters. The number of nitro benzene ring substituents is 1. The first-order valence-corrected chi connectivity index (χ1v) is 10.7. The van der Waals surface area contributed by atoms with Gasteiger partial charge in [-0.15, -0.1) is 0 Å². The average Bonchev–Trinajstić information content (AvgIpc) is 3.29. The Morgan fingerprint density at radius 3 is 2.42 bits per heavy atom. The summed E-state index contributed by atoms with van der Waals surface area (Å²) in [5, 5.41) is 15.1. The van der Waals surface area contributed by atoms with Crippen molar-refractivity contribution in [3.8, 4) is 0 Å². The summed E-state index contributed by atoms with van der Waals surface area (Å²) in [6.07, 6.45) is -3.30. The molecule has 3 aromatic rings. The van der Waals surface area contributed by atoms with Crippen LogP contribution in [0.2, 0.25) is 0 Å². The van der Waals surface area contributed by atoms with E-state index >= 15 is 0 Å². The number of nitrogens with one attached hydrogen (secondary N) is 2. The molecular weight excluding hydrogens is 465 g/mol. The van der Waals surface area contributed by atoms with Crippen molar-refractivity contribution in [3.05, 3.63) is 87.9 Å². The third-order valence-corrected chi connectivity index (χ3v) is 5.88. The summed E-state index contributed by atoms with van der Waals surface area (Å²) >= 11 is 0. The molecule has 0 aliphatic heterocycles. The van der Waals surface area contributed by atoms with Crippen molar-refractivity contribution in [2.75, 3.05) is 5.43 Å². The molecule has 2 N–H and O–H groups in total. The van der Waals surface area contributed by atoms with E-state index in [0.29, 0.717) is 29.2 Å². The minimum Gasteiger partial charge on any atom is -0.468 e. The van der Waals surface area contributed by atoms with Gasteiger partial charge in [0.2, 0.25) is 10.0 Å². The number of hydrazone groups is 1. The molecule has 174 valence electrons. The monoisotopic (exact) mass is 482 g/mol. The Balaban J connectivity index is 1.74. The molecular formula is C20H17F3N4O5S. The van der Waals surface area contributed by atoms with Crippen LogP contribution >= 0.6 is 0 Å². The van der Waals surface area contributed by atoms with Gasteiger partial charge in [0.05, 0.1) is 33.9 Å².